The van der Waals surface area contributed by atoms with Crippen molar-refractivity contribution in [3.63, 3.8) is 0 Å². The Bertz CT molecular complexity index is 1100. The molecule has 4 heteroatoms. The number of fused-ring (bicyclic) bond motifs is 5. The second kappa shape index (κ2) is 5.60. The van der Waals surface area contributed by atoms with Gasteiger partial charge in [0.05, 0.1) is 23.0 Å². The summed E-state index contributed by atoms with van der Waals surface area (Å²) in [5.41, 5.74) is 5.67. The highest BCUT2D eigenvalue weighted by Crippen LogP contribution is 2.44. The highest BCUT2D eigenvalue weighted by atomic mass is 16.2. The molecule has 2 aromatic carbocycles. The second-order valence-electron chi connectivity index (χ2n) is 6.86. The minimum Gasteiger partial charge on any atom is -0.353 e. The quantitative estimate of drug-likeness (QED) is 0.729. The van der Waals surface area contributed by atoms with Crippen LogP contribution in [0.15, 0.2) is 60.2 Å². The van der Waals surface area contributed by atoms with E-state index in [2.05, 4.69) is 17.1 Å². The molecule has 2 aliphatic heterocycles. The number of para-hydroxylation sites is 1. The SMILES string of the molecule is N#CC1=C2c3[nH]c4ccccc4c3CCN2C(=O)CC1c1ccccc1. The normalized spacial score (nSPS) is 19.3. The van der Waals surface area contributed by atoms with Crippen molar-refractivity contribution < 1.29 is 4.79 Å². The van der Waals surface area contributed by atoms with Crippen LogP contribution in [-0.2, 0) is 11.2 Å². The van der Waals surface area contributed by atoms with E-state index < -0.39 is 0 Å². The molecule has 1 atom stereocenters. The van der Waals surface area contributed by atoms with Crippen molar-refractivity contribution >= 4 is 22.5 Å². The summed E-state index contributed by atoms with van der Waals surface area (Å²) in [6.07, 6.45) is 1.16. The average Bonchev–Trinajstić information content (AvgIpc) is 3.07. The van der Waals surface area contributed by atoms with Gasteiger partial charge in [0.1, 0.15) is 0 Å². The minimum atomic E-state index is -0.183. The van der Waals surface area contributed by atoms with Crippen LogP contribution in [0.3, 0.4) is 0 Å². The Morgan fingerprint density at radius 2 is 1.85 bits per heavy atom. The van der Waals surface area contributed by atoms with Crippen LogP contribution >= 0.6 is 0 Å². The first-order valence-electron chi connectivity index (χ1n) is 8.87. The fourth-order valence-electron chi connectivity index (χ4n) is 4.31. The summed E-state index contributed by atoms with van der Waals surface area (Å²) in [5.74, 6) is -0.0885. The molecule has 3 heterocycles. The van der Waals surface area contributed by atoms with Gasteiger partial charge < -0.3 is 9.88 Å². The number of nitrogens with one attached hydrogen (secondary N) is 1. The molecule has 0 aliphatic carbocycles. The Balaban J connectivity index is 1.78. The van der Waals surface area contributed by atoms with Crippen LogP contribution in [0.1, 0.15) is 29.2 Å². The van der Waals surface area contributed by atoms with Gasteiger partial charge in [-0.05, 0) is 23.6 Å². The number of carbonyl (C=O) groups is 1. The topological polar surface area (TPSA) is 59.9 Å². The van der Waals surface area contributed by atoms with Crippen molar-refractivity contribution in [1.29, 1.82) is 5.26 Å². The summed E-state index contributed by atoms with van der Waals surface area (Å²) in [6.45, 7) is 0.635. The van der Waals surface area contributed by atoms with Gasteiger partial charge in [-0.3, -0.25) is 4.79 Å². The Hall–Kier alpha value is -3.32. The van der Waals surface area contributed by atoms with Crippen molar-refractivity contribution in [2.45, 2.75) is 18.8 Å². The molecule has 0 bridgehead atoms. The average molecular weight is 339 g/mol. The Morgan fingerprint density at radius 1 is 1.08 bits per heavy atom. The van der Waals surface area contributed by atoms with E-state index in [1.165, 1.54) is 10.9 Å². The molecule has 4 nitrogen and oxygen atoms in total. The van der Waals surface area contributed by atoms with E-state index >= 15 is 0 Å². The third-order valence-corrected chi connectivity index (χ3v) is 5.51. The zero-order chi connectivity index (χ0) is 17.7. The molecule has 26 heavy (non-hydrogen) atoms. The lowest BCUT2D eigenvalue weighted by Gasteiger charge is -2.37. The molecule has 1 aromatic heterocycles. The maximum Gasteiger partial charge on any atom is 0.228 e. The van der Waals surface area contributed by atoms with Crippen LogP contribution in [0, 0.1) is 11.3 Å². The van der Waals surface area contributed by atoms with Crippen LogP contribution in [0.2, 0.25) is 0 Å². The molecule has 5 rings (SSSR count). The molecule has 1 N–H and O–H groups in total. The molecule has 1 amide bonds. The number of nitriles is 1. The van der Waals surface area contributed by atoms with Crippen LogP contribution in [0.5, 0.6) is 0 Å². The number of aromatic amines is 1. The van der Waals surface area contributed by atoms with Crippen molar-refractivity contribution in [2.75, 3.05) is 6.54 Å². The Labute approximate surface area is 151 Å². The van der Waals surface area contributed by atoms with E-state index in [-0.39, 0.29) is 11.8 Å². The molecule has 0 radical (unpaired) electrons. The number of allylic oxidation sites excluding steroid dienone is 1. The Morgan fingerprint density at radius 3 is 2.65 bits per heavy atom. The summed E-state index contributed by atoms with van der Waals surface area (Å²) in [7, 11) is 0. The number of aromatic nitrogens is 1. The maximum atomic E-state index is 12.9. The third-order valence-electron chi connectivity index (χ3n) is 5.51. The molecule has 3 aromatic rings. The number of hydrogen-bond donors (Lipinski definition) is 1. The molecular formula is C22H17N3O. The second-order valence-corrected chi connectivity index (χ2v) is 6.86. The van der Waals surface area contributed by atoms with Gasteiger partial charge in [-0.2, -0.15) is 5.26 Å². The summed E-state index contributed by atoms with van der Waals surface area (Å²) in [6, 6.07) is 20.5. The molecule has 2 aliphatic rings. The van der Waals surface area contributed by atoms with Gasteiger partial charge >= 0.3 is 0 Å². The van der Waals surface area contributed by atoms with Gasteiger partial charge in [-0.1, -0.05) is 48.5 Å². The summed E-state index contributed by atoms with van der Waals surface area (Å²) in [5, 5.41) is 11.2. The number of rotatable bonds is 1. The molecule has 0 spiro atoms. The molecule has 0 fully saturated rings. The lowest BCUT2D eigenvalue weighted by atomic mass is 9.81. The van der Waals surface area contributed by atoms with Crippen molar-refractivity contribution in [3.8, 4) is 6.07 Å². The lowest BCUT2D eigenvalue weighted by Crippen LogP contribution is -2.40. The van der Waals surface area contributed by atoms with E-state index in [1.54, 1.807) is 4.90 Å². The first kappa shape index (κ1) is 15.0. The fourth-order valence-corrected chi connectivity index (χ4v) is 4.31. The first-order chi connectivity index (χ1) is 12.8. The summed E-state index contributed by atoms with van der Waals surface area (Å²) < 4.78 is 0. The van der Waals surface area contributed by atoms with Crippen molar-refractivity contribution in [3.05, 3.63) is 77.0 Å². The Kier molecular flexibility index (Phi) is 3.23. The van der Waals surface area contributed by atoms with Crippen LogP contribution in [-0.4, -0.2) is 22.3 Å². The zero-order valence-electron chi connectivity index (χ0n) is 14.2. The predicted octanol–water partition coefficient (Wildman–Crippen LogP) is 3.97. The van der Waals surface area contributed by atoms with Crippen LogP contribution in [0.4, 0.5) is 0 Å². The van der Waals surface area contributed by atoms with E-state index in [4.69, 9.17) is 0 Å². The number of nitrogens with zero attached hydrogens (tertiary/aromatic N) is 2. The van der Waals surface area contributed by atoms with Gasteiger partial charge in [0.2, 0.25) is 5.91 Å². The number of carbonyl (C=O) groups excluding carboxylic acids is 1. The molecule has 126 valence electrons. The highest BCUT2D eigenvalue weighted by molar-refractivity contribution is 5.98. The summed E-state index contributed by atoms with van der Waals surface area (Å²) >= 11 is 0. The summed E-state index contributed by atoms with van der Waals surface area (Å²) in [4.78, 5) is 18.1. The van der Waals surface area contributed by atoms with Gasteiger partial charge in [-0.15, -0.1) is 0 Å². The van der Waals surface area contributed by atoms with E-state index in [0.29, 0.717) is 18.5 Å². The third kappa shape index (κ3) is 2.04. The van der Waals surface area contributed by atoms with Crippen LogP contribution < -0.4 is 0 Å². The predicted molar refractivity (Wildman–Crippen MR) is 100 cm³/mol. The molecule has 0 saturated heterocycles. The van der Waals surface area contributed by atoms with Gasteiger partial charge in [-0.25, -0.2) is 0 Å². The monoisotopic (exact) mass is 339 g/mol. The van der Waals surface area contributed by atoms with E-state index in [1.807, 2.05) is 48.5 Å². The smallest absolute Gasteiger partial charge is 0.228 e. The van der Waals surface area contributed by atoms with Gasteiger partial charge in [0.15, 0.2) is 0 Å². The van der Waals surface area contributed by atoms with Crippen molar-refractivity contribution in [1.82, 2.24) is 9.88 Å². The highest BCUT2D eigenvalue weighted by Gasteiger charge is 2.39. The lowest BCUT2D eigenvalue weighted by molar-refractivity contribution is -0.128. The zero-order valence-corrected chi connectivity index (χ0v) is 14.2. The largest absolute Gasteiger partial charge is 0.353 e. The number of amides is 1. The van der Waals surface area contributed by atoms with E-state index in [0.717, 1.165) is 28.9 Å². The van der Waals surface area contributed by atoms with Gasteiger partial charge in [0.25, 0.3) is 0 Å². The molecular weight excluding hydrogens is 322 g/mol. The number of hydrogen-bond acceptors (Lipinski definition) is 2. The van der Waals surface area contributed by atoms with E-state index in [9.17, 15) is 10.1 Å². The van der Waals surface area contributed by atoms with Crippen molar-refractivity contribution in [2.24, 2.45) is 0 Å². The standard InChI is InChI=1S/C22H17N3O/c23-13-18-17(14-6-2-1-3-7-14)12-20(26)25-11-10-16-15-8-4-5-9-19(15)24-21(16)22(18)25/h1-9,17,24H,10-12H2. The fraction of sp³-hybridized carbons (Fsp3) is 0.182. The van der Waals surface area contributed by atoms with Crippen LogP contribution in [0.25, 0.3) is 16.6 Å². The number of benzene rings is 2. The molecule has 1 unspecified atom stereocenters. The van der Waals surface area contributed by atoms with Gasteiger partial charge in [0, 0.05) is 29.8 Å². The molecule has 0 saturated carbocycles. The maximum absolute atomic E-state index is 12.9. The first-order valence-corrected chi connectivity index (χ1v) is 8.87. The minimum absolute atomic E-state index is 0.0946. The number of H-pyrrole nitrogens is 1.